The molecule has 1 aliphatic heterocycles. The Morgan fingerprint density at radius 1 is 1.60 bits per heavy atom. The summed E-state index contributed by atoms with van der Waals surface area (Å²) in [6.07, 6.45) is 0.919. The molecule has 1 aromatic carbocycles. The number of methoxy groups -OCH3 is 1. The number of likely N-dealkylation sites (N-methyl/N-ethyl adjacent to an activating group) is 1. The number of nitrogens with one attached hydrogen (secondary N) is 1. The zero-order valence-electron chi connectivity index (χ0n) is 11.7. The standard InChI is InChI=1S/C14H19ClN2O2S/c1-17(6-7-19-2)14(18)16-12-5-8-20-13-4-3-10(15)9-11(12)13/h3-4,9,12H,5-8H2,1-2H3,(H,16,18). The Balaban J connectivity index is 2.04. The second kappa shape index (κ2) is 7.20. The number of carbonyl (C=O) groups excluding carboxylic acids is 1. The Morgan fingerprint density at radius 3 is 3.15 bits per heavy atom. The van der Waals surface area contributed by atoms with Crippen LogP contribution in [0.3, 0.4) is 0 Å². The van der Waals surface area contributed by atoms with Gasteiger partial charge in [-0.25, -0.2) is 4.79 Å². The van der Waals surface area contributed by atoms with Gasteiger partial charge < -0.3 is 15.0 Å². The first-order chi connectivity index (χ1) is 9.61. The lowest BCUT2D eigenvalue weighted by molar-refractivity contribution is 0.157. The fourth-order valence-corrected chi connectivity index (χ4v) is 3.39. The number of amides is 2. The fraction of sp³-hybridized carbons (Fsp3) is 0.500. The molecule has 110 valence electrons. The number of urea groups is 1. The largest absolute Gasteiger partial charge is 0.383 e. The van der Waals surface area contributed by atoms with Gasteiger partial charge in [0.05, 0.1) is 12.6 Å². The highest BCUT2D eigenvalue weighted by Gasteiger charge is 2.23. The number of benzene rings is 1. The van der Waals surface area contributed by atoms with Crippen LogP contribution < -0.4 is 5.32 Å². The lowest BCUT2D eigenvalue weighted by Crippen LogP contribution is -2.41. The van der Waals surface area contributed by atoms with Gasteiger partial charge in [0.15, 0.2) is 0 Å². The van der Waals surface area contributed by atoms with Crippen molar-refractivity contribution in [3.05, 3.63) is 28.8 Å². The maximum atomic E-state index is 12.1. The zero-order chi connectivity index (χ0) is 14.5. The molecular weight excluding hydrogens is 296 g/mol. The van der Waals surface area contributed by atoms with Gasteiger partial charge in [0.1, 0.15) is 0 Å². The summed E-state index contributed by atoms with van der Waals surface area (Å²) in [6, 6.07) is 5.81. The summed E-state index contributed by atoms with van der Waals surface area (Å²) in [6.45, 7) is 1.11. The topological polar surface area (TPSA) is 41.6 Å². The first-order valence-electron chi connectivity index (χ1n) is 6.54. The molecule has 20 heavy (non-hydrogen) atoms. The van der Waals surface area contributed by atoms with Crippen molar-refractivity contribution >= 4 is 29.4 Å². The minimum absolute atomic E-state index is 0.0300. The van der Waals surface area contributed by atoms with Crippen molar-refractivity contribution in [1.29, 1.82) is 0 Å². The summed E-state index contributed by atoms with van der Waals surface area (Å²) < 4.78 is 4.98. The predicted octanol–water partition coefficient (Wildman–Crippen LogP) is 3.16. The van der Waals surface area contributed by atoms with Crippen LogP contribution in [0.5, 0.6) is 0 Å². The van der Waals surface area contributed by atoms with Crippen LogP contribution in [0, 0.1) is 0 Å². The number of ether oxygens (including phenoxy) is 1. The Kier molecular flexibility index (Phi) is 5.57. The highest BCUT2D eigenvalue weighted by molar-refractivity contribution is 7.99. The van der Waals surface area contributed by atoms with E-state index >= 15 is 0 Å². The Morgan fingerprint density at radius 2 is 2.40 bits per heavy atom. The lowest BCUT2D eigenvalue weighted by Gasteiger charge is -2.28. The van der Waals surface area contributed by atoms with Crippen LogP contribution in [0.1, 0.15) is 18.0 Å². The highest BCUT2D eigenvalue weighted by atomic mass is 35.5. The normalized spacial score (nSPS) is 17.4. The number of hydrogen-bond donors (Lipinski definition) is 1. The van der Waals surface area contributed by atoms with Crippen molar-refractivity contribution < 1.29 is 9.53 Å². The van der Waals surface area contributed by atoms with Crippen LogP contribution in [0.25, 0.3) is 0 Å². The molecule has 0 fully saturated rings. The van der Waals surface area contributed by atoms with Crippen molar-refractivity contribution in [2.24, 2.45) is 0 Å². The van der Waals surface area contributed by atoms with Gasteiger partial charge >= 0.3 is 6.03 Å². The van der Waals surface area contributed by atoms with E-state index < -0.39 is 0 Å². The molecule has 2 rings (SSSR count). The summed E-state index contributed by atoms with van der Waals surface area (Å²) in [5, 5.41) is 3.78. The molecule has 1 N–H and O–H groups in total. The highest BCUT2D eigenvalue weighted by Crippen LogP contribution is 2.37. The molecule has 1 unspecified atom stereocenters. The summed E-state index contributed by atoms with van der Waals surface area (Å²) in [5.41, 5.74) is 1.11. The number of thioether (sulfide) groups is 1. The van der Waals surface area contributed by atoms with E-state index in [0.717, 1.165) is 17.7 Å². The number of rotatable bonds is 4. The number of carbonyl (C=O) groups is 1. The van der Waals surface area contributed by atoms with E-state index in [1.165, 1.54) is 4.90 Å². The van der Waals surface area contributed by atoms with Gasteiger partial charge in [0.25, 0.3) is 0 Å². The first-order valence-corrected chi connectivity index (χ1v) is 7.91. The molecule has 0 bridgehead atoms. The molecule has 1 aliphatic rings. The molecule has 1 aromatic rings. The van der Waals surface area contributed by atoms with Gasteiger partial charge in [0.2, 0.25) is 0 Å². The van der Waals surface area contributed by atoms with Gasteiger partial charge in [-0.05, 0) is 30.2 Å². The van der Waals surface area contributed by atoms with Crippen LogP contribution in [-0.2, 0) is 4.74 Å². The Hall–Kier alpha value is -0.910. The van der Waals surface area contributed by atoms with E-state index in [4.69, 9.17) is 16.3 Å². The van der Waals surface area contributed by atoms with E-state index in [-0.39, 0.29) is 12.1 Å². The molecule has 0 saturated carbocycles. The first kappa shape index (κ1) is 15.5. The number of fused-ring (bicyclic) bond motifs is 1. The fourth-order valence-electron chi connectivity index (χ4n) is 2.10. The van der Waals surface area contributed by atoms with Crippen molar-refractivity contribution in [1.82, 2.24) is 10.2 Å². The number of halogens is 1. The average molecular weight is 315 g/mol. The molecule has 0 radical (unpaired) electrons. The summed E-state index contributed by atoms with van der Waals surface area (Å²) in [5.74, 6) is 1.00. The van der Waals surface area contributed by atoms with Gasteiger partial charge in [-0.1, -0.05) is 11.6 Å². The molecule has 0 saturated heterocycles. The third-order valence-electron chi connectivity index (χ3n) is 3.29. The van der Waals surface area contributed by atoms with E-state index in [9.17, 15) is 4.79 Å². The quantitative estimate of drug-likeness (QED) is 0.928. The van der Waals surface area contributed by atoms with Crippen LogP contribution in [0.2, 0.25) is 5.02 Å². The minimum atomic E-state index is -0.0788. The van der Waals surface area contributed by atoms with Crippen LogP contribution in [0.15, 0.2) is 23.1 Å². The van der Waals surface area contributed by atoms with Crippen molar-refractivity contribution in [2.45, 2.75) is 17.4 Å². The van der Waals surface area contributed by atoms with Crippen molar-refractivity contribution in [3.63, 3.8) is 0 Å². The maximum absolute atomic E-state index is 12.1. The maximum Gasteiger partial charge on any atom is 0.317 e. The number of hydrogen-bond acceptors (Lipinski definition) is 3. The SMILES string of the molecule is COCCN(C)C(=O)NC1CCSc2ccc(Cl)cc21. The van der Waals surface area contributed by atoms with E-state index in [1.54, 1.807) is 30.8 Å². The predicted molar refractivity (Wildman–Crippen MR) is 82.6 cm³/mol. The number of nitrogens with zero attached hydrogens (tertiary/aromatic N) is 1. The third kappa shape index (κ3) is 3.81. The van der Waals surface area contributed by atoms with Crippen molar-refractivity contribution in [3.8, 4) is 0 Å². The van der Waals surface area contributed by atoms with Crippen molar-refractivity contribution in [2.75, 3.05) is 33.1 Å². The molecule has 1 heterocycles. The van der Waals surface area contributed by atoms with Crippen LogP contribution in [-0.4, -0.2) is 44.0 Å². The zero-order valence-corrected chi connectivity index (χ0v) is 13.3. The lowest BCUT2D eigenvalue weighted by atomic mass is 10.0. The van der Waals surface area contributed by atoms with Crippen LogP contribution >= 0.6 is 23.4 Å². The van der Waals surface area contributed by atoms with Gasteiger partial charge in [-0.15, -0.1) is 11.8 Å². The van der Waals surface area contributed by atoms with Gasteiger partial charge in [0, 0.05) is 36.4 Å². The Bertz CT molecular complexity index is 484. The smallest absolute Gasteiger partial charge is 0.317 e. The molecule has 2 amide bonds. The van der Waals surface area contributed by atoms with E-state index in [2.05, 4.69) is 5.32 Å². The minimum Gasteiger partial charge on any atom is -0.383 e. The monoisotopic (exact) mass is 314 g/mol. The van der Waals surface area contributed by atoms with Gasteiger partial charge in [-0.2, -0.15) is 0 Å². The van der Waals surface area contributed by atoms with Gasteiger partial charge in [-0.3, -0.25) is 0 Å². The molecule has 0 aromatic heterocycles. The molecule has 1 atom stereocenters. The second-order valence-electron chi connectivity index (χ2n) is 4.74. The summed E-state index contributed by atoms with van der Waals surface area (Å²) in [4.78, 5) is 15.0. The summed E-state index contributed by atoms with van der Waals surface area (Å²) in [7, 11) is 3.40. The molecular formula is C14H19ClN2O2S. The third-order valence-corrected chi connectivity index (χ3v) is 4.64. The summed E-state index contributed by atoms with van der Waals surface area (Å²) >= 11 is 7.87. The average Bonchev–Trinajstić information content (AvgIpc) is 2.45. The molecule has 4 nitrogen and oxygen atoms in total. The Labute approximate surface area is 128 Å². The molecule has 6 heteroatoms. The molecule has 0 spiro atoms. The second-order valence-corrected chi connectivity index (χ2v) is 6.31. The van der Waals surface area contributed by atoms with Crippen LogP contribution in [0.4, 0.5) is 4.79 Å². The van der Waals surface area contributed by atoms with E-state index in [1.807, 2.05) is 18.2 Å². The van der Waals surface area contributed by atoms with E-state index in [0.29, 0.717) is 18.2 Å². The molecule has 0 aliphatic carbocycles.